The maximum Gasteiger partial charge on any atom is 0.348 e. The van der Waals surface area contributed by atoms with Crippen molar-refractivity contribution in [1.29, 1.82) is 0 Å². The lowest BCUT2D eigenvalue weighted by atomic mass is 9.94. The third-order valence-electron chi connectivity index (χ3n) is 4.80. The molecular weight excluding hydrogens is 344 g/mol. The molecule has 0 radical (unpaired) electrons. The second-order valence-electron chi connectivity index (χ2n) is 7.01. The molecule has 1 atom stereocenters. The molecule has 0 saturated heterocycles. The molecule has 138 valence electrons. The quantitative estimate of drug-likeness (QED) is 0.768. The van der Waals surface area contributed by atoms with E-state index in [0.29, 0.717) is 29.8 Å². The smallest absolute Gasteiger partial charge is 0.348 e. The van der Waals surface area contributed by atoms with E-state index in [2.05, 4.69) is 53.2 Å². The van der Waals surface area contributed by atoms with Gasteiger partial charge in [0.1, 0.15) is 23.4 Å². The van der Waals surface area contributed by atoms with Gasteiger partial charge in [-0.1, -0.05) is 38.1 Å². The monoisotopic (exact) mass is 364 g/mol. The Balaban J connectivity index is 1.79. The van der Waals surface area contributed by atoms with E-state index in [1.165, 1.54) is 18.0 Å². The summed E-state index contributed by atoms with van der Waals surface area (Å²) in [5.41, 5.74) is 2.21. The van der Waals surface area contributed by atoms with Gasteiger partial charge in [-0.3, -0.25) is 0 Å². The molecular formula is C20H20N4O3. The highest BCUT2D eigenvalue weighted by molar-refractivity contribution is 6.04. The molecule has 3 aromatic rings. The van der Waals surface area contributed by atoms with Crippen molar-refractivity contribution in [3.63, 3.8) is 0 Å². The molecule has 3 heterocycles. The van der Waals surface area contributed by atoms with Crippen LogP contribution in [0, 0.1) is 6.92 Å². The average Bonchev–Trinajstić information content (AvgIpc) is 3.09. The lowest BCUT2D eigenvalue weighted by molar-refractivity contribution is 0.431. The van der Waals surface area contributed by atoms with Crippen molar-refractivity contribution in [2.24, 2.45) is 4.99 Å². The number of fused-ring (bicyclic) bond motifs is 1. The molecule has 0 spiro atoms. The van der Waals surface area contributed by atoms with Gasteiger partial charge in [0.25, 0.3) is 0 Å². The van der Waals surface area contributed by atoms with Crippen molar-refractivity contribution in [3.8, 4) is 5.75 Å². The molecule has 1 N–H and O–H groups in total. The Morgan fingerprint density at radius 2 is 2.00 bits per heavy atom. The van der Waals surface area contributed by atoms with Gasteiger partial charge in [0.05, 0.1) is 11.8 Å². The van der Waals surface area contributed by atoms with Gasteiger partial charge in [0, 0.05) is 12.5 Å². The van der Waals surface area contributed by atoms with Crippen LogP contribution >= 0.6 is 0 Å². The molecule has 1 aromatic carbocycles. The molecule has 2 aromatic heterocycles. The number of benzene rings is 1. The lowest BCUT2D eigenvalue weighted by Crippen LogP contribution is -2.25. The summed E-state index contributed by atoms with van der Waals surface area (Å²) in [6, 6.07) is 9.57. The molecule has 0 bridgehead atoms. The van der Waals surface area contributed by atoms with E-state index in [9.17, 15) is 9.90 Å². The Morgan fingerprint density at radius 1 is 1.26 bits per heavy atom. The normalized spacial score (nSPS) is 16.3. The van der Waals surface area contributed by atoms with Crippen LogP contribution in [0.1, 0.15) is 54.7 Å². The predicted octanol–water partition coefficient (Wildman–Crippen LogP) is 3.48. The highest BCUT2D eigenvalue weighted by atomic mass is 16.4. The molecule has 0 amide bonds. The molecule has 7 heteroatoms. The molecule has 7 nitrogen and oxygen atoms in total. The maximum atomic E-state index is 12.3. The van der Waals surface area contributed by atoms with Crippen LogP contribution in [0.2, 0.25) is 0 Å². The molecule has 0 fully saturated rings. The van der Waals surface area contributed by atoms with Crippen LogP contribution in [0.15, 0.2) is 50.9 Å². The largest absolute Gasteiger partial charge is 0.507 e. The number of aromatic nitrogens is 3. The van der Waals surface area contributed by atoms with Gasteiger partial charge < -0.3 is 9.52 Å². The highest BCUT2D eigenvalue weighted by Gasteiger charge is 2.29. The number of nitrogens with zero attached hydrogens (tertiary/aromatic N) is 4. The summed E-state index contributed by atoms with van der Waals surface area (Å²) in [5, 5.41) is 14.6. The SMILES string of the molecule is Cc1cc(O)c(C2=Nc3ncnn3C(c3ccc(C(C)C)cc3)C2)c(=O)o1. The summed E-state index contributed by atoms with van der Waals surface area (Å²) in [5.74, 6) is 1.05. The molecule has 1 unspecified atom stereocenters. The Bertz CT molecular complexity index is 1080. The van der Waals surface area contributed by atoms with Gasteiger partial charge in [0.15, 0.2) is 0 Å². The zero-order valence-electron chi connectivity index (χ0n) is 15.4. The van der Waals surface area contributed by atoms with E-state index < -0.39 is 5.63 Å². The van der Waals surface area contributed by atoms with E-state index in [1.54, 1.807) is 11.6 Å². The minimum Gasteiger partial charge on any atom is -0.507 e. The number of aryl methyl sites for hydroxylation is 1. The van der Waals surface area contributed by atoms with Crippen LogP contribution < -0.4 is 5.63 Å². The summed E-state index contributed by atoms with van der Waals surface area (Å²) in [6.45, 7) is 5.91. The summed E-state index contributed by atoms with van der Waals surface area (Å²) >= 11 is 0. The highest BCUT2D eigenvalue weighted by Crippen LogP contribution is 2.33. The van der Waals surface area contributed by atoms with E-state index in [-0.39, 0.29) is 17.4 Å². The first-order valence-electron chi connectivity index (χ1n) is 8.85. The predicted molar refractivity (Wildman–Crippen MR) is 101 cm³/mol. The first-order valence-corrected chi connectivity index (χ1v) is 8.85. The molecule has 0 aliphatic carbocycles. The second kappa shape index (κ2) is 6.50. The minimum absolute atomic E-state index is 0.0821. The third kappa shape index (κ3) is 3.05. The number of aliphatic imine (C=N–C) groups is 1. The second-order valence-corrected chi connectivity index (χ2v) is 7.01. The Kier molecular flexibility index (Phi) is 4.14. The van der Waals surface area contributed by atoms with Crippen LogP contribution in [0.5, 0.6) is 5.75 Å². The van der Waals surface area contributed by atoms with Gasteiger partial charge in [-0.2, -0.15) is 10.1 Å². The average molecular weight is 364 g/mol. The van der Waals surface area contributed by atoms with Crippen molar-refractivity contribution in [1.82, 2.24) is 14.8 Å². The van der Waals surface area contributed by atoms with Crippen molar-refractivity contribution < 1.29 is 9.52 Å². The number of hydrogen-bond acceptors (Lipinski definition) is 6. The Labute approximate surface area is 156 Å². The Morgan fingerprint density at radius 3 is 2.67 bits per heavy atom. The minimum atomic E-state index is -0.604. The number of rotatable bonds is 3. The molecule has 4 rings (SSSR count). The van der Waals surface area contributed by atoms with E-state index in [0.717, 1.165) is 5.56 Å². The van der Waals surface area contributed by atoms with Crippen LogP contribution in [-0.2, 0) is 0 Å². The van der Waals surface area contributed by atoms with Gasteiger partial charge in [-0.25, -0.2) is 14.5 Å². The number of hydrogen-bond donors (Lipinski definition) is 1. The standard InChI is InChI=1S/C20H20N4O3/c1-11(2)13-4-6-14(7-5-13)16-9-15(23-20-21-10-22-24(16)20)18-17(25)8-12(3)27-19(18)26/h4-8,10-11,16,25H,9H2,1-3H3. The first-order chi connectivity index (χ1) is 12.9. The fraction of sp³-hybridized carbons (Fsp3) is 0.300. The zero-order chi connectivity index (χ0) is 19.1. The van der Waals surface area contributed by atoms with E-state index in [4.69, 9.17) is 4.42 Å². The van der Waals surface area contributed by atoms with Crippen molar-refractivity contribution in [3.05, 3.63) is 69.5 Å². The maximum absolute atomic E-state index is 12.3. The summed E-state index contributed by atoms with van der Waals surface area (Å²) in [7, 11) is 0. The van der Waals surface area contributed by atoms with Crippen LogP contribution in [-0.4, -0.2) is 25.6 Å². The number of aromatic hydroxyl groups is 1. The van der Waals surface area contributed by atoms with Crippen LogP contribution in [0.4, 0.5) is 5.95 Å². The fourth-order valence-corrected chi connectivity index (χ4v) is 3.36. The topological polar surface area (TPSA) is 93.5 Å². The summed E-state index contributed by atoms with van der Waals surface area (Å²) in [4.78, 5) is 20.9. The van der Waals surface area contributed by atoms with Gasteiger partial charge in [-0.15, -0.1) is 0 Å². The molecule has 1 aliphatic rings. The van der Waals surface area contributed by atoms with Gasteiger partial charge in [0.2, 0.25) is 5.95 Å². The van der Waals surface area contributed by atoms with Crippen molar-refractivity contribution >= 4 is 11.7 Å². The van der Waals surface area contributed by atoms with Gasteiger partial charge >= 0.3 is 5.63 Å². The zero-order valence-corrected chi connectivity index (χ0v) is 15.4. The van der Waals surface area contributed by atoms with Crippen molar-refractivity contribution in [2.75, 3.05) is 0 Å². The summed E-state index contributed by atoms with van der Waals surface area (Å²) < 4.78 is 6.89. The Hall–Kier alpha value is -3.22. The van der Waals surface area contributed by atoms with Gasteiger partial charge in [-0.05, 0) is 24.0 Å². The third-order valence-corrected chi connectivity index (χ3v) is 4.80. The van der Waals surface area contributed by atoms with Crippen LogP contribution in [0.3, 0.4) is 0 Å². The van der Waals surface area contributed by atoms with Crippen molar-refractivity contribution in [2.45, 2.75) is 39.2 Å². The lowest BCUT2D eigenvalue weighted by Gasteiger charge is -2.24. The molecule has 1 aliphatic heterocycles. The summed E-state index contributed by atoms with van der Waals surface area (Å²) in [6.07, 6.45) is 1.84. The molecule has 27 heavy (non-hydrogen) atoms. The fourth-order valence-electron chi connectivity index (χ4n) is 3.36. The van der Waals surface area contributed by atoms with E-state index in [1.807, 2.05) is 0 Å². The molecule has 0 saturated carbocycles. The van der Waals surface area contributed by atoms with Crippen LogP contribution in [0.25, 0.3) is 0 Å². The first kappa shape index (κ1) is 17.2. The van der Waals surface area contributed by atoms with E-state index >= 15 is 0 Å².